The standard InChI is InChI=1S/C10H22N2O4S/c1-5-9(4)12(7-10(13)14)17(15,16)11-6-8(2)3/h8-9,11H,5-7H2,1-4H3,(H,13,14). The molecule has 6 nitrogen and oxygen atoms in total. The largest absolute Gasteiger partial charge is 0.480 e. The van der Waals surface area contributed by atoms with E-state index in [1.807, 2.05) is 20.8 Å². The SMILES string of the molecule is CCC(C)N(CC(=O)O)S(=O)(=O)NCC(C)C. The summed E-state index contributed by atoms with van der Waals surface area (Å²) in [4.78, 5) is 10.7. The van der Waals surface area contributed by atoms with E-state index in [0.717, 1.165) is 4.31 Å². The number of carbonyl (C=O) groups is 1. The molecular weight excluding hydrogens is 244 g/mol. The van der Waals surface area contributed by atoms with Crippen LogP contribution in [0.1, 0.15) is 34.1 Å². The summed E-state index contributed by atoms with van der Waals surface area (Å²) in [5.41, 5.74) is 0. The highest BCUT2D eigenvalue weighted by molar-refractivity contribution is 7.87. The molecular formula is C10H22N2O4S. The number of aliphatic carboxylic acids is 1. The van der Waals surface area contributed by atoms with Crippen molar-refractivity contribution in [2.45, 2.75) is 40.2 Å². The molecule has 0 spiro atoms. The quantitative estimate of drug-likeness (QED) is 0.675. The summed E-state index contributed by atoms with van der Waals surface area (Å²) in [6.07, 6.45) is 0.565. The fourth-order valence-corrected chi connectivity index (χ4v) is 2.78. The van der Waals surface area contributed by atoms with Crippen LogP contribution in [0.4, 0.5) is 0 Å². The number of hydrogen-bond acceptors (Lipinski definition) is 3. The molecule has 0 saturated carbocycles. The van der Waals surface area contributed by atoms with Crippen molar-refractivity contribution in [1.82, 2.24) is 9.03 Å². The predicted molar refractivity (Wildman–Crippen MR) is 65.9 cm³/mol. The van der Waals surface area contributed by atoms with E-state index in [9.17, 15) is 13.2 Å². The van der Waals surface area contributed by atoms with Crippen molar-refractivity contribution < 1.29 is 18.3 Å². The summed E-state index contributed by atoms with van der Waals surface area (Å²) in [6.45, 7) is 7.06. The smallest absolute Gasteiger partial charge is 0.318 e. The second-order valence-corrected chi connectivity index (χ2v) is 6.15. The lowest BCUT2D eigenvalue weighted by atomic mass is 10.2. The highest BCUT2D eigenvalue weighted by atomic mass is 32.2. The fourth-order valence-electron chi connectivity index (χ4n) is 1.17. The third-order valence-electron chi connectivity index (χ3n) is 2.36. The molecule has 0 aliphatic rings. The Morgan fingerprint density at radius 2 is 1.88 bits per heavy atom. The van der Waals surface area contributed by atoms with Crippen molar-refractivity contribution in [1.29, 1.82) is 0 Å². The minimum absolute atomic E-state index is 0.174. The lowest BCUT2D eigenvalue weighted by Gasteiger charge is -2.26. The topological polar surface area (TPSA) is 86.7 Å². The van der Waals surface area contributed by atoms with Gasteiger partial charge < -0.3 is 5.11 Å². The van der Waals surface area contributed by atoms with Crippen LogP contribution < -0.4 is 4.72 Å². The molecule has 0 bridgehead atoms. The second-order valence-electron chi connectivity index (χ2n) is 4.44. The Kier molecular flexibility index (Phi) is 6.66. The van der Waals surface area contributed by atoms with Crippen LogP contribution in [0, 0.1) is 5.92 Å². The zero-order chi connectivity index (χ0) is 13.6. The lowest BCUT2D eigenvalue weighted by molar-refractivity contribution is -0.137. The number of rotatable bonds is 8. The molecule has 0 saturated heterocycles. The van der Waals surface area contributed by atoms with Crippen LogP contribution in [-0.4, -0.2) is 42.9 Å². The minimum Gasteiger partial charge on any atom is -0.480 e. The van der Waals surface area contributed by atoms with E-state index < -0.39 is 22.7 Å². The molecule has 0 aromatic rings. The third kappa shape index (κ3) is 5.99. The molecule has 0 rings (SSSR count). The zero-order valence-electron chi connectivity index (χ0n) is 10.8. The van der Waals surface area contributed by atoms with Gasteiger partial charge in [0, 0.05) is 12.6 Å². The van der Waals surface area contributed by atoms with Gasteiger partial charge >= 0.3 is 5.97 Å². The number of nitrogens with one attached hydrogen (secondary N) is 1. The van der Waals surface area contributed by atoms with Crippen molar-refractivity contribution in [2.75, 3.05) is 13.1 Å². The van der Waals surface area contributed by atoms with E-state index >= 15 is 0 Å². The van der Waals surface area contributed by atoms with Crippen molar-refractivity contribution in [3.63, 3.8) is 0 Å². The second kappa shape index (κ2) is 6.93. The molecule has 0 aromatic heterocycles. The minimum atomic E-state index is -3.72. The first-order valence-corrected chi connectivity index (χ1v) is 7.13. The summed E-state index contributed by atoms with van der Waals surface area (Å²) >= 11 is 0. The van der Waals surface area contributed by atoms with Gasteiger partial charge in [0.2, 0.25) is 0 Å². The Bertz CT molecular complexity index is 340. The number of carboxylic acids is 1. The Morgan fingerprint density at radius 3 is 2.24 bits per heavy atom. The summed E-state index contributed by atoms with van der Waals surface area (Å²) in [6, 6.07) is -0.337. The molecule has 0 heterocycles. The Hall–Kier alpha value is -0.660. The first-order chi connectivity index (χ1) is 7.70. The van der Waals surface area contributed by atoms with E-state index in [4.69, 9.17) is 5.11 Å². The highest BCUT2D eigenvalue weighted by Crippen LogP contribution is 2.08. The van der Waals surface area contributed by atoms with Gasteiger partial charge in [0.25, 0.3) is 10.2 Å². The van der Waals surface area contributed by atoms with E-state index in [0.29, 0.717) is 13.0 Å². The van der Waals surface area contributed by atoms with Gasteiger partial charge in [-0.1, -0.05) is 20.8 Å². The molecule has 0 aromatic carbocycles. The van der Waals surface area contributed by atoms with E-state index in [-0.39, 0.29) is 12.0 Å². The molecule has 0 fully saturated rings. The molecule has 0 aliphatic heterocycles. The van der Waals surface area contributed by atoms with Crippen molar-refractivity contribution in [3.8, 4) is 0 Å². The first-order valence-electron chi connectivity index (χ1n) is 5.68. The van der Waals surface area contributed by atoms with Gasteiger partial charge in [-0.2, -0.15) is 12.7 Å². The zero-order valence-corrected chi connectivity index (χ0v) is 11.6. The molecule has 1 unspecified atom stereocenters. The maximum absolute atomic E-state index is 11.9. The molecule has 0 radical (unpaired) electrons. The van der Waals surface area contributed by atoms with Gasteiger partial charge in [-0.05, 0) is 19.3 Å². The van der Waals surface area contributed by atoms with Gasteiger partial charge in [0.1, 0.15) is 6.54 Å². The van der Waals surface area contributed by atoms with Gasteiger partial charge in [-0.3, -0.25) is 4.79 Å². The van der Waals surface area contributed by atoms with Gasteiger partial charge in [0.15, 0.2) is 0 Å². The fraction of sp³-hybridized carbons (Fsp3) is 0.900. The van der Waals surface area contributed by atoms with Gasteiger partial charge in [-0.25, -0.2) is 4.72 Å². The summed E-state index contributed by atoms with van der Waals surface area (Å²) in [5, 5.41) is 8.74. The Labute approximate surface area is 103 Å². The maximum Gasteiger partial charge on any atom is 0.318 e. The molecule has 0 aliphatic carbocycles. The van der Waals surface area contributed by atoms with Crippen LogP contribution in [0.25, 0.3) is 0 Å². The molecule has 17 heavy (non-hydrogen) atoms. The van der Waals surface area contributed by atoms with E-state index in [2.05, 4.69) is 4.72 Å². The van der Waals surface area contributed by atoms with Crippen LogP contribution in [0.2, 0.25) is 0 Å². The number of hydrogen-bond donors (Lipinski definition) is 2. The summed E-state index contributed by atoms with van der Waals surface area (Å²) in [7, 11) is -3.72. The Morgan fingerprint density at radius 1 is 1.35 bits per heavy atom. The van der Waals surface area contributed by atoms with E-state index in [1.165, 1.54) is 0 Å². The molecule has 2 N–H and O–H groups in total. The van der Waals surface area contributed by atoms with Crippen LogP contribution in [0.5, 0.6) is 0 Å². The molecule has 7 heteroatoms. The normalized spacial score (nSPS) is 14.2. The Balaban J connectivity index is 4.82. The van der Waals surface area contributed by atoms with Crippen molar-refractivity contribution >= 4 is 16.2 Å². The number of nitrogens with zero attached hydrogens (tertiary/aromatic N) is 1. The highest BCUT2D eigenvalue weighted by Gasteiger charge is 2.28. The molecule has 0 amide bonds. The van der Waals surface area contributed by atoms with E-state index in [1.54, 1.807) is 6.92 Å². The molecule has 102 valence electrons. The van der Waals surface area contributed by atoms with Crippen LogP contribution in [0.15, 0.2) is 0 Å². The van der Waals surface area contributed by atoms with Crippen molar-refractivity contribution in [2.24, 2.45) is 5.92 Å². The lowest BCUT2D eigenvalue weighted by Crippen LogP contribution is -2.48. The van der Waals surface area contributed by atoms with Crippen molar-refractivity contribution in [3.05, 3.63) is 0 Å². The summed E-state index contributed by atoms with van der Waals surface area (Å²) < 4.78 is 27.2. The first kappa shape index (κ1) is 16.3. The maximum atomic E-state index is 11.9. The summed E-state index contributed by atoms with van der Waals surface area (Å²) in [5.74, 6) is -0.978. The van der Waals surface area contributed by atoms with Crippen LogP contribution in [0.3, 0.4) is 0 Å². The average molecular weight is 266 g/mol. The van der Waals surface area contributed by atoms with Gasteiger partial charge in [0.05, 0.1) is 0 Å². The van der Waals surface area contributed by atoms with Crippen LogP contribution in [-0.2, 0) is 15.0 Å². The third-order valence-corrected chi connectivity index (χ3v) is 3.99. The molecule has 1 atom stereocenters. The van der Waals surface area contributed by atoms with Gasteiger partial charge in [-0.15, -0.1) is 0 Å². The number of carboxylic acid groups (broad SMARTS) is 1. The monoisotopic (exact) mass is 266 g/mol. The average Bonchev–Trinajstić information content (AvgIpc) is 2.22. The predicted octanol–water partition coefficient (Wildman–Crippen LogP) is 0.662. The van der Waals surface area contributed by atoms with Crippen LogP contribution >= 0.6 is 0 Å².